The van der Waals surface area contributed by atoms with Crippen molar-refractivity contribution in [3.63, 3.8) is 0 Å². The lowest BCUT2D eigenvalue weighted by atomic mass is 10.3. The standard InChI is InChI=1S/C10H16N2O3/c1-7-4-8(10(11)13)12(5-7)6-9(14-2)15-3/h4-5,9H,6H2,1-3H3,(H2,11,13). The zero-order chi connectivity index (χ0) is 11.4. The van der Waals surface area contributed by atoms with E-state index in [0.29, 0.717) is 12.2 Å². The van der Waals surface area contributed by atoms with Crippen LogP contribution in [0.3, 0.4) is 0 Å². The van der Waals surface area contributed by atoms with Crippen LogP contribution in [-0.4, -0.2) is 31.0 Å². The van der Waals surface area contributed by atoms with E-state index in [9.17, 15) is 4.79 Å². The maximum atomic E-state index is 11.1. The van der Waals surface area contributed by atoms with Gasteiger partial charge in [-0.05, 0) is 18.6 Å². The summed E-state index contributed by atoms with van der Waals surface area (Å²) in [5.41, 5.74) is 6.69. The lowest BCUT2D eigenvalue weighted by molar-refractivity contribution is -0.111. The minimum atomic E-state index is -0.450. The Morgan fingerprint density at radius 1 is 1.53 bits per heavy atom. The Bertz CT molecular complexity index is 342. The number of carbonyl (C=O) groups excluding carboxylic acids is 1. The molecule has 5 heteroatoms. The molecule has 0 aliphatic rings. The Balaban J connectivity index is 2.88. The predicted octanol–water partition coefficient (Wildman–Crippen LogP) is 0.514. The van der Waals surface area contributed by atoms with Crippen LogP contribution in [0.25, 0.3) is 0 Å². The average molecular weight is 212 g/mol. The Kier molecular flexibility index (Phi) is 3.88. The topological polar surface area (TPSA) is 66.5 Å². The zero-order valence-corrected chi connectivity index (χ0v) is 9.19. The molecule has 1 amide bonds. The van der Waals surface area contributed by atoms with Gasteiger partial charge >= 0.3 is 0 Å². The van der Waals surface area contributed by atoms with Gasteiger partial charge in [0, 0.05) is 20.4 Å². The molecule has 0 radical (unpaired) electrons. The van der Waals surface area contributed by atoms with Gasteiger partial charge in [0.1, 0.15) is 5.69 Å². The second kappa shape index (κ2) is 4.95. The average Bonchev–Trinajstić information content (AvgIpc) is 2.56. The summed E-state index contributed by atoms with van der Waals surface area (Å²) in [7, 11) is 3.10. The van der Waals surface area contributed by atoms with Crippen molar-refractivity contribution in [2.75, 3.05) is 14.2 Å². The van der Waals surface area contributed by atoms with Crippen molar-refractivity contribution in [1.29, 1.82) is 0 Å². The number of methoxy groups -OCH3 is 2. The molecule has 1 aromatic rings. The fraction of sp³-hybridized carbons (Fsp3) is 0.500. The van der Waals surface area contributed by atoms with E-state index in [0.717, 1.165) is 5.56 Å². The van der Waals surface area contributed by atoms with Gasteiger partial charge in [-0.2, -0.15) is 0 Å². The number of primary amides is 1. The van der Waals surface area contributed by atoms with Crippen LogP contribution in [-0.2, 0) is 16.0 Å². The second-order valence-electron chi connectivity index (χ2n) is 3.32. The number of aryl methyl sites for hydroxylation is 1. The van der Waals surface area contributed by atoms with E-state index in [2.05, 4.69) is 0 Å². The third-order valence-corrected chi connectivity index (χ3v) is 2.16. The van der Waals surface area contributed by atoms with E-state index < -0.39 is 5.91 Å². The zero-order valence-electron chi connectivity index (χ0n) is 9.19. The van der Waals surface area contributed by atoms with Gasteiger partial charge in [0.05, 0.1) is 6.54 Å². The fourth-order valence-corrected chi connectivity index (χ4v) is 1.42. The first-order valence-corrected chi connectivity index (χ1v) is 4.60. The van der Waals surface area contributed by atoms with Gasteiger partial charge in [-0.25, -0.2) is 0 Å². The minimum absolute atomic E-state index is 0.380. The number of amides is 1. The van der Waals surface area contributed by atoms with Gasteiger partial charge in [-0.3, -0.25) is 4.79 Å². The van der Waals surface area contributed by atoms with Gasteiger partial charge in [0.15, 0.2) is 6.29 Å². The minimum Gasteiger partial charge on any atom is -0.364 e. The van der Waals surface area contributed by atoms with Gasteiger partial charge in [-0.15, -0.1) is 0 Å². The van der Waals surface area contributed by atoms with Gasteiger partial charge in [0.25, 0.3) is 5.91 Å². The highest BCUT2D eigenvalue weighted by atomic mass is 16.7. The molecule has 0 spiro atoms. The predicted molar refractivity (Wildman–Crippen MR) is 55.5 cm³/mol. The van der Waals surface area contributed by atoms with E-state index in [1.54, 1.807) is 24.9 Å². The van der Waals surface area contributed by atoms with Crippen LogP contribution in [0, 0.1) is 6.92 Å². The number of nitrogens with two attached hydrogens (primary N) is 1. The molecule has 0 saturated carbocycles. The lowest BCUT2D eigenvalue weighted by Gasteiger charge is -2.15. The van der Waals surface area contributed by atoms with Crippen molar-refractivity contribution in [3.05, 3.63) is 23.5 Å². The second-order valence-corrected chi connectivity index (χ2v) is 3.32. The summed E-state index contributed by atoms with van der Waals surface area (Å²) >= 11 is 0. The number of rotatable bonds is 5. The normalized spacial score (nSPS) is 10.9. The molecule has 1 heterocycles. The van der Waals surface area contributed by atoms with Crippen LogP contribution in [0.4, 0.5) is 0 Å². The van der Waals surface area contributed by atoms with E-state index in [1.807, 2.05) is 13.1 Å². The quantitative estimate of drug-likeness (QED) is 0.723. The highest BCUT2D eigenvalue weighted by Crippen LogP contribution is 2.09. The summed E-state index contributed by atoms with van der Waals surface area (Å²) in [5.74, 6) is -0.450. The molecule has 0 aliphatic carbocycles. The van der Waals surface area contributed by atoms with Gasteiger partial charge in [0.2, 0.25) is 0 Å². The van der Waals surface area contributed by atoms with Crippen molar-refractivity contribution in [2.45, 2.75) is 19.8 Å². The summed E-state index contributed by atoms with van der Waals surface area (Å²) in [4.78, 5) is 11.1. The molecular weight excluding hydrogens is 196 g/mol. The van der Waals surface area contributed by atoms with Crippen molar-refractivity contribution in [2.24, 2.45) is 5.73 Å². The van der Waals surface area contributed by atoms with E-state index in [-0.39, 0.29) is 6.29 Å². The van der Waals surface area contributed by atoms with Crippen molar-refractivity contribution in [1.82, 2.24) is 4.57 Å². The lowest BCUT2D eigenvalue weighted by Crippen LogP contribution is -2.24. The molecule has 1 aromatic heterocycles. The van der Waals surface area contributed by atoms with Crippen LogP contribution in [0.5, 0.6) is 0 Å². The van der Waals surface area contributed by atoms with Gasteiger partial charge in [-0.1, -0.05) is 0 Å². The number of carbonyl (C=O) groups is 1. The molecule has 0 aliphatic heterocycles. The van der Waals surface area contributed by atoms with E-state index >= 15 is 0 Å². The largest absolute Gasteiger partial charge is 0.364 e. The molecule has 0 atom stereocenters. The Morgan fingerprint density at radius 2 is 2.13 bits per heavy atom. The van der Waals surface area contributed by atoms with Crippen LogP contribution >= 0.6 is 0 Å². The molecule has 1 rings (SSSR count). The fourth-order valence-electron chi connectivity index (χ4n) is 1.42. The summed E-state index contributed by atoms with van der Waals surface area (Å²) in [6.07, 6.45) is 1.46. The number of hydrogen-bond donors (Lipinski definition) is 1. The number of nitrogens with zero attached hydrogens (tertiary/aromatic N) is 1. The first-order valence-electron chi connectivity index (χ1n) is 4.60. The smallest absolute Gasteiger partial charge is 0.265 e. The third kappa shape index (κ3) is 2.81. The van der Waals surface area contributed by atoms with Crippen LogP contribution < -0.4 is 5.73 Å². The number of hydrogen-bond acceptors (Lipinski definition) is 3. The molecule has 0 bridgehead atoms. The number of ether oxygens (including phenoxy) is 2. The first kappa shape index (κ1) is 11.7. The first-order chi connectivity index (χ1) is 7.08. The summed E-state index contributed by atoms with van der Waals surface area (Å²) < 4.78 is 11.8. The molecule has 0 fully saturated rings. The maximum Gasteiger partial charge on any atom is 0.265 e. The molecule has 15 heavy (non-hydrogen) atoms. The van der Waals surface area contributed by atoms with Crippen LogP contribution in [0.15, 0.2) is 12.3 Å². The molecular formula is C10H16N2O3. The maximum absolute atomic E-state index is 11.1. The Hall–Kier alpha value is -1.33. The van der Waals surface area contributed by atoms with Crippen LogP contribution in [0.1, 0.15) is 16.1 Å². The number of aromatic nitrogens is 1. The summed E-state index contributed by atoms with van der Waals surface area (Å²) in [5, 5.41) is 0. The summed E-state index contributed by atoms with van der Waals surface area (Å²) in [6, 6.07) is 1.74. The molecule has 5 nitrogen and oxygen atoms in total. The van der Waals surface area contributed by atoms with E-state index in [4.69, 9.17) is 15.2 Å². The Morgan fingerprint density at radius 3 is 2.60 bits per heavy atom. The summed E-state index contributed by atoms with van der Waals surface area (Å²) in [6.45, 7) is 2.34. The highest BCUT2D eigenvalue weighted by molar-refractivity contribution is 5.91. The molecule has 0 aromatic carbocycles. The Labute approximate surface area is 88.8 Å². The molecule has 0 unspecified atom stereocenters. The van der Waals surface area contributed by atoms with Gasteiger partial charge < -0.3 is 19.8 Å². The molecule has 84 valence electrons. The third-order valence-electron chi connectivity index (χ3n) is 2.16. The van der Waals surface area contributed by atoms with Crippen molar-refractivity contribution in [3.8, 4) is 0 Å². The van der Waals surface area contributed by atoms with Crippen molar-refractivity contribution >= 4 is 5.91 Å². The van der Waals surface area contributed by atoms with Crippen LogP contribution in [0.2, 0.25) is 0 Å². The highest BCUT2D eigenvalue weighted by Gasteiger charge is 2.13. The van der Waals surface area contributed by atoms with E-state index in [1.165, 1.54) is 0 Å². The SMILES string of the molecule is COC(Cn1cc(C)cc1C(N)=O)OC. The monoisotopic (exact) mass is 212 g/mol. The van der Waals surface area contributed by atoms with Crippen molar-refractivity contribution < 1.29 is 14.3 Å². The molecule has 0 saturated heterocycles. The molecule has 2 N–H and O–H groups in total.